The second-order valence-corrected chi connectivity index (χ2v) is 3.29. The van der Waals surface area contributed by atoms with Gasteiger partial charge in [-0.05, 0) is 6.42 Å². The van der Waals surface area contributed by atoms with Crippen molar-refractivity contribution < 1.29 is 9.59 Å². The van der Waals surface area contributed by atoms with Crippen molar-refractivity contribution in [3.05, 3.63) is 5.51 Å². The van der Waals surface area contributed by atoms with Crippen LogP contribution in [0, 0.1) is 0 Å². The van der Waals surface area contributed by atoms with Crippen LogP contribution in [0.2, 0.25) is 0 Å². The van der Waals surface area contributed by atoms with Crippen LogP contribution in [0.3, 0.4) is 0 Å². The van der Waals surface area contributed by atoms with E-state index in [0.29, 0.717) is 11.7 Å². The fourth-order valence-electron chi connectivity index (χ4n) is 0.700. The summed E-state index contributed by atoms with van der Waals surface area (Å²) in [6.45, 7) is 2.39. The van der Waals surface area contributed by atoms with Gasteiger partial charge in [0, 0.05) is 6.54 Å². The minimum Gasteiger partial charge on any atom is -0.348 e. The molecule has 0 saturated heterocycles. The van der Waals surface area contributed by atoms with Gasteiger partial charge in [0.05, 0.1) is 0 Å². The number of nitrogens with one attached hydrogen (secondary N) is 2. The average Bonchev–Trinajstić information content (AvgIpc) is 2.66. The fourth-order valence-corrected chi connectivity index (χ4v) is 1.14. The first-order chi connectivity index (χ1) is 6.74. The Labute approximate surface area is 84.7 Å². The van der Waals surface area contributed by atoms with Crippen molar-refractivity contribution in [1.29, 1.82) is 0 Å². The van der Waals surface area contributed by atoms with Crippen molar-refractivity contribution in [2.24, 2.45) is 0 Å². The molecule has 1 rings (SSSR count). The van der Waals surface area contributed by atoms with Gasteiger partial charge in [-0.1, -0.05) is 18.3 Å². The van der Waals surface area contributed by atoms with E-state index in [1.807, 2.05) is 6.92 Å². The fraction of sp³-hybridized carbons (Fsp3) is 0.429. The van der Waals surface area contributed by atoms with E-state index in [4.69, 9.17) is 0 Å². The zero-order valence-corrected chi connectivity index (χ0v) is 8.43. The van der Waals surface area contributed by atoms with Gasteiger partial charge in [0.15, 0.2) is 0 Å². The van der Waals surface area contributed by atoms with Gasteiger partial charge in [-0.3, -0.25) is 14.9 Å². The first kappa shape index (κ1) is 10.6. The minimum absolute atomic E-state index is 0.321. The van der Waals surface area contributed by atoms with Gasteiger partial charge in [-0.2, -0.15) is 0 Å². The second kappa shape index (κ2) is 5.28. The molecule has 2 N–H and O–H groups in total. The predicted molar refractivity (Wildman–Crippen MR) is 51.8 cm³/mol. The van der Waals surface area contributed by atoms with Crippen molar-refractivity contribution >= 4 is 28.3 Å². The smallest absolute Gasteiger partial charge is 0.315 e. The molecule has 0 aliphatic rings. The number of hydrogen-bond acceptors (Lipinski definition) is 5. The molecule has 0 radical (unpaired) electrons. The molecule has 2 amide bonds. The summed E-state index contributed by atoms with van der Waals surface area (Å²) in [5.74, 6) is -1.36. The molecule has 76 valence electrons. The summed E-state index contributed by atoms with van der Waals surface area (Å²) >= 11 is 1.16. The highest BCUT2D eigenvalue weighted by atomic mass is 32.1. The highest BCUT2D eigenvalue weighted by Crippen LogP contribution is 2.06. The molecule has 0 spiro atoms. The summed E-state index contributed by atoms with van der Waals surface area (Å²) in [5, 5.41) is 12.2. The van der Waals surface area contributed by atoms with E-state index in [1.165, 1.54) is 5.51 Å². The Kier molecular flexibility index (Phi) is 3.99. The Morgan fingerprint density at radius 1 is 1.50 bits per heavy atom. The number of rotatable bonds is 3. The highest BCUT2D eigenvalue weighted by molar-refractivity contribution is 7.13. The lowest BCUT2D eigenvalue weighted by Crippen LogP contribution is -2.35. The molecule has 0 saturated carbocycles. The number of hydrogen-bond donors (Lipinski definition) is 2. The molecule has 0 bridgehead atoms. The molecule has 0 atom stereocenters. The highest BCUT2D eigenvalue weighted by Gasteiger charge is 2.13. The van der Waals surface area contributed by atoms with Crippen molar-refractivity contribution in [1.82, 2.24) is 15.5 Å². The first-order valence-electron chi connectivity index (χ1n) is 4.09. The van der Waals surface area contributed by atoms with Crippen LogP contribution in [0.1, 0.15) is 13.3 Å². The molecule has 7 heteroatoms. The predicted octanol–water partition coefficient (Wildman–Crippen LogP) is 0.00280. The number of anilines is 1. The molecule has 0 fully saturated rings. The molecular weight excluding hydrogens is 204 g/mol. The summed E-state index contributed by atoms with van der Waals surface area (Å²) in [5.41, 5.74) is 1.47. The first-order valence-corrected chi connectivity index (χ1v) is 4.97. The molecule has 0 aliphatic heterocycles. The molecule has 6 nitrogen and oxygen atoms in total. The van der Waals surface area contributed by atoms with Gasteiger partial charge in [-0.25, -0.2) is 0 Å². The van der Waals surface area contributed by atoms with Crippen molar-refractivity contribution in [3.8, 4) is 0 Å². The van der Waals surface area contributed by atoms with Gasteiger partial charge in [0.2, 0.25) is 5.13 Å². The number of carbonyl (C=O) groups is 2. The topological polar surface area (TPSA) is 84.0 Å². The zero-order valence-electron chi connectivity index (χ0n) is 7.61. The van der Waals surface area contributed by atoms with Crippen LogP contribution in [-0.4, -0.2) is 28.6 Å². The second-order valence-electron chi connectivity index (χ2n) is 2.45. The average molecular weight is 214 g/mol. The molecule has 1 aromatic heterocycles. The lowest BCUT2D eigenvalue weighted by molar-refractivity contribution is -0.136. The van der Waals surface area contributed by atoms with Crippen molar-refractivity contribution in [3.63, 3.8) is 0 Å². The number of carbonyl (C=O) groups excluding carboxylic acids is 2. The Morgan fingerprint density at radius 2 is 2.29 bits per heavy atom. The van der Waals surface area contributed by atoms with E-state index >= 15 is 0 Å². The standard InChI is InChI=1S/C7H10N4O2S/c1-2-3-8-5(12)6(13)10-7-11-9-4-14-7/h4H,2-3H2,1H3,(H,8,12)(H,10,11,13). The Hall–Kier alpha value is -1.50. The monoisotopic (exact) mass is 214 g/mol. The molecule has 1 aromatic rings. The Balaban J connectivity index is 2.38. The maximum absolute atomic E-state index is 11.1. The van der Waals surface area contributed by atoms with Crippen LogP contribution in [0.4, 0.5) is 5.13 Å². The SMILES string of the molecule is CCCNC(=O)C(=O)Nc1nncs1. The van der Waals surface area contributed by atoms with E-state index in [-0.39, 0.29) is 0 Å². The van der Waals surface area contributed by atoms with Crippen LogP contribution in [0.15, 0.2) is 5.51 Å². The lowest BCUT2D eigenvalue weighted by atomic mass is 10.4. The summed E-state index contributed by atoms with van der Waals surface area (Å²) in [6.07, 6.45) is 0.790. The zero-order chi connectivity index (χ0) is 10.4. The van der Waals surface area contributed by atoms with Crippen LogP contribution in [0.5, 0.6) is 0 Å². The molecular formula is C7H10N4O2S. The minimum atomic E-state index is -0.713. The molecule has 0 unspecified atom stereocenters. The van der Waals surface area contributed by atoms with Crippen LogP contribution >= 0.6 is 11.3 Å². The van der Waals surface area contributed by atoms with Crippen molar-refractivity contribution in [2.45, 2.75) is 13.3 Å². The number of amides is 2. The molecule has 1 heterocycles. The van der Waals surface area contributed by atoms with Gasteiger partial charge < -0.3 is 5.32 Å². The van der Waals surface area contributed by atoms with E-state index in [0.717, 1.165) is 17.8 Å². The quantitative estimate of drug-likeness (QED) is 0.694. The van der Waals surface area contributed by atoms with Crippen LogP contribution < -0.4 is 10.6 Å². The Bertz CT molecular complexity index is 311. The van der Waals surface area contributed by atoms with E-state index in [9.17, 15) is 9.59 Å². The normalized spacial score (nSPS) is 9.50. The van der Waals surface area contributed by atoms with Gasteiger partial charge in [-0.15, -0.1) is 10.2 Å². The van der Waals surface area contributed by atoms with Gasteiger partial charge in [0.1, 0.15) is 5.51 Å². The van der Waals surface area contributed by atoms with E-state index < -0.39 is 11.8 Å². The summed E-state index contributed by atoms with van der Waals surface area (Å²) in [4.78, 5) is 22.2. The maximum atomic E-state index is 11.1. The largest absolute Gasteiger partial charge is 0.348 e. The van der Waals surface area contributed by atoms with E-state index in [1.54, 1.807) is 0 Å². The molecule has 14 heavy (non-hydrogen) atoms. The third kappa shape index (κ3) is 3.09. The number of aromatic nitrogens is 2. The van der Waals surface area contributed by atoms with Crippen LogP contribution in [0.25, 0.3) is 0 Å². The summed E-state index contributed by atoms with van der Waals surface area (Å²) in [7, 11) is 0. The maximum Gasteiger partial charge on any atom is 0.315 e. The molecule has 0 aliphatic carbocycles. The van der Waals surface area contributed by atoms with Gasteiger partial charge in [0.25, 0.3) is 0 Å². The number of nitrogens with zero attached hydrogens (tertiary/aromatic N) is 2. The van der Waals surface area contributed by atoms with Crippen LogP contribution in [-0.2, 0) is 9.59 Å². The van der Waals surface area contributed by atoms with E-state index in [2.05, 4.69) is 20.8 Å². The molecule has 0 aromatic carbocycles. The third-order valence-electron chi connectivity index (χ3n) is 1.32. The summed E-state index contributed by atoms with van der Waals surface area (Å²) in [6, 6.07) is 0. The third-order valence-corrected chi connectivity index (χ3v) is 1.93. The van der Waals surface area contributed by atoms with Gasteiger partial charge >= 0.3 is 11.8 Å². The van der Waals surface area contributed by atoms with Crippen molar-refractivity contribution in [2.75, 3.05) is 11.9 Å². The summed E-state index contributed by atoms with van der Waals surface area (Å²) < 4.78 is 0. The lowest BCUT2D eigenvalue weighted by Gasteiger charge is -2.01. The Morgan fingerprint density at radius 3 is 2.86 bits per heavy atom.